The van der Waals surface area contributed by atoms with Crippen LogP contribution in [-0.2, 0) is 5.41 Å². The van der Waals surface area contributed by atoms with Crippen molar-refractivity contribution in [2.75, 3.05) is 9.80 Å². The van der Waals surface area contributed by atoms with Crippen LogP contribution in [0.3, 0.4) is 0 Å². The highest BCUT2D eigenvalue weighted by atomic mass is 15.5. The van der Waals surface area contributed by atoms with Gasteiger partial charge in [-0.3, -0.25) is 0 Å². The number of benzene rings is 2. The number of aromatic nitrogens is 2. The van der Waals surface area contributed by atoms with Crippen molar-refractivity contribution in [3.05, 3.63) is 72.1 Å². The van der Waals surface area contributed by atoms with Crippen LogP contribution in [0.5, 0.6) is 0 Å². The Balaban J connectivity index is 1.93. The fraction of sp³-hybridized carbons (Fsp3) is 0.429. The van der Waals surface area contributed by atoms with Gasteiger partial charge in [0.25, 0.3) is 0 Å². The number of rotatable bonds is 7. The molecule has 0 fully saturated rings. The second-order valence-electron chi connectivity index (χ2n) is 9.16. The first-order valence-electron chi connectivity index (χ1n) is 12.1. The standard InChI is InChI=1S/C28H36N4/c1-7-28(8-2,9-3)23-17-13-14-18-25(23)32-21(6)31(22-15-11-10-12-16-22)27-26(32)29-19-24(30-27)20(4)5/h10-21H,7-9H2,1-6H3. The molecule has 1 aromatic heterocycles. The summed E-state index contributed by atoms with van der Waals surface area (Å²) in [6.45, 7) is 13.6. The van der Waals surface area contributed by atoms with Crippen LogP contribution in [0, 0.1) is 0 Å². The van der Waals surface area contributed by atoms with Crippen LogP contribution in [0.25, 0.3) is 0 Å². The van der Waals surface area contributed by atoms with Crippen LogP contribution in [0.4, 0.5) is 23.0 Å². The molecule has 4 nitrogen and oxygen atoms in total. The molecule has 0 saturated carbocycles. The van der Waals surface area contributed by atoms with Crippen LogP contribution >= 0.6 is 0 Å². The van der Waals surface area contributed by atoms with Crippen molar-refractivity contribution in [2.24, 2.45) is 0 Å². The van der Waals surface area contributed by atoms with Crippen molar-refractivity contribution in [1.29, 1.82) is 0 Å². The monoisotopic (exact) mass is 428 g/mol. The Kier molecular flexibility index (Phi) is 6.23. The number of fused-ring (bicyclic) bond motifs is 1. The largest absolute Gasteiger partial charge is 0.302 e. The first-order chi connectivity index (χ1) is 15.5. The Labute approximate surface area is 193 Å². The van der Waals surface area contributed by atoms with Gasteiger partial charge in [-0.2, -0.15) is 0 Å². The van der Waals surface area contributed by atoms with Crippen molar-refractivity contribution in [3.63, 3.8) is 0 Å². The van der Waals surface area contributed by atoms with Crippen molar-refractivity contribution in [3.8, 4) is 0 Å². The van der Waals surface area contributed by atoms with Gasteiger partial charge in [-0.05, 0) is 61.3 Å². The number of hydrogen-bond acceptors (Lipinski definition) is 4. The summed E-state index contributed by atoms with van der Waals surface area (Å²) >= 11 is 0. The molecule has 32 heavy (non-hydrogen) atoms. The zero-order valence-corrected chi connectivity index (χ0v) is 20.3. The molecule has 1 aliphatic heterocycles. The average Bonchev–Trinajstić information content (AvgIpc) is 3.12. The van der Waals surface area contributed by atoms with E-state index in [0.717, 1.165) is 42.3 Å². The van der Waals surface area contributed by atoms with Gasteiger partial charge in [0.2, 0.25) is 0 Å². The number of hydrogen-bond donors (Lipinski definition) is 0. The normalized spacial score (nSPS) is 16.0. The maximum Gasteiger partial charge on any atom is 0.178 e. The van der Waals surface area contributed by atoms with E-state index in [1.165, 1.54) is 11.3 Å². The summed E-state index contributed by atoms with van der Waals surface area (Å²) in [7, 11) is 0. The van der Waals surface area contributed by atoms with Gasteiger partial charge in [-0.25, -0.2) is 9.97 Å². The van der Waals surface area contributed by atoms with Gasteiger partial charge in [-0.15, -0.1) is 0 Å². The molecule has 1 aliphatic rings. The van der Waals surface area contributed by atoms with E-state index in [4.69, 9.17) is 9.97 Å². The molecule has 2 aromatic carbocycles. The molecule has 2 heterocycles. The molecular weight excluding hydrogens is 392 g/mol. The summed E-state index contributed by atoms with van der Waals surface area (Å²) in [5.74, 6) is 2.21. The minimum Gasteiger partial charge on any atom is -0.302 e. The second kappa shape index (κ2) is 8.93. The molecule has 0 amide bonds. The van der Waals surface area contributed by atoms with Gasteiger partial charge < -0.3 is 9.80 Å². The molecule has 3 aromatic rings. The van der Waals surface area contributed by atoms with E-state index >= 15 is 0 Å². The molecule has 0 spiro atoms. The lowest BCUT2D eigenvalue weighted by Gasteiger charge is -2.37. The highest BCUT2D eigenvalue weighted by Gasteiger charge is 2.40. The lowest BCUT2D eigenvalue weighted by molar-refractivity contribution is 0.382. The topological polar surface area (TPSA) is 32.3 Å². The van der Waals surface area contributed by atoms with E-state index in [1.54, 1.807) is 0 Å². The van der Waals surface area contributed by atoms with Crippen LogP contribution in [0.15, 0.2) is 60.8 Å². The van der Waals surface area contributed by atoms with Crippen LogP contribution in [0.1, 0.15) is 78.0 Å². The number of anilines is 4. The maximum absolute atomic E-state index is 5.11. The predicted molar refractivity (Wildman–Crippen MR) is 135 cm³/mol. The van der Waals surface area contributed by atoms with E-state index in [2.05, 4.69) is 106 Å². The summed E-state index contributed by atoms with van der Waals surface area (Å²) < 4.78 is 0. The lowest BCUT2D eigenvalue weighted by Crippen LogP contribution is -2.37. The zero-order chi connectivity index (χ0) is 22.9. The Hall–Kier alpha value is -2.88. The van der Waals surface area contributed by atoms with Gasteiger partial charge in [-0.1, -0.05) is 71.0 Å². The Morgan fingerprint density at radius 3 is 2.09 bits per heavy atom. The Morgan fingerprint density at radius 2 is 1.47 bits per heavy atom. The molecule has 0 aliphatic carbocycles. The summed E-state index contributed by atoms with van der Waals surface area (Å²) in [5, 5.41) is 0. The minimum atomic E-state index is 0.0687. The van der Waals surface area contributed by atoms with Crippen molar-refractivity contribution < 1.29 is 0 Å². The smallest absolute Gasteiger partial charge is 0.178 e. The predicted octanol–water partition coefficient (Wildman–Crippen LogP) is 7.70. The van der Waals surface area contributed by atoms with Gasteiger partial charge in [0.15, 0.2) is 11.6 Å². The van der Waals surface area contributed by atoms with Gasteiger partial charge in [0.1, 0.15) is 6.17 Å². The fourth-order valence-electron chi connectivity index (χ4n) is 5.16. The summed E-state index contributed by atoms with van der Waals surface area (Å²) in [6, 6.07) is 19.5. The van der Waals surface area contributed by atoms with E-state index < -0.39 is 0 Å². The number of para-hydroxylation sites is 2. The molecule has 1 unspecified atom stereocenters. The first-order valence-corrected chi connectivity index (χ1v) is 12.1. The quantitative estimate of drug-likeness (QED) is 0.386. The molecule has 0 radical (unpaired) electrons. The second-order valence-corrected chi connectivity index (χ2v) is 9.16. The van der Waals surface area contributed by atoms with E-state index in [9.17, 15) is 0 Å². The SMILES string of the molecule is CCC(CC)(CC)c1ccccc1N1c2ncc(C(C)C)nc2N(c2ccccc2)C1C. The molecule has 0 N–H and O–H groups in total. The van der Waals surface area contributed by atoms with Crippen molar-refractivity contribution in [1.82, 2.24) is 9.97 Å². The average molecular weight is 429 g/mol. The van der Waals surface area contributed by atoms with Gasteiger partial charge >= 0.3 is 0 Å². The zero-order valence-electron chi connectivity index (χ0n) is 20.3. The van der Waals surface area contributed by atoms with Crippen LogP contribution in [-0.4, -0.2) is 16.1 Å². The summed E-state index contributed by atoms with van der Waals surface area (Å²) in [5.41, 5.74) is 4.98. The van der Waals surface area contributed by atoms with Gasteiger partial charge in [0, 0.05) is 11.4 Å². The highest BCUT2D eigenvalue weighted by molar-refractivity contribution is 5.84. The third-order valence-electron chi connectivity index (χ3n) is 7.35. The third kappa shape index (κ3) is 3.56. The Bertz CT molecular complexity index is 1050. The molecule has 4 heteroatoms. The van der Waals surface area contributed by atoms with Crippen LogP contribution in [0.2, 0.25) is 0 Å². The van der Waals surface area contributed by atoms with Gasteiger partial charge in [0.05, 0.1) is 11.9 Å². The molecule has 0 saturated heterocycles. The van der Waals surface area contributed by atoms with Crippen LogP contribution < -0.4 is 9.80 Å². The highest BCUT2D eigenvalue weighted by Crippen LogP contribution is 2.49. The fourth-order valence-corrected chi connectivity index (χ4v) is 5.16. The van der Waals surface area contributed by atoms with Crippen molar-refractivity contribution >= 4 is 23.0 Å². The molecule has 0 bridgehead atoms. The molecular formula is C28H36N4. The Morgan fingerprint density at radius 1 is 0.844 bits per heavy atom. The maximum atomic E-state index is 5.11. The lowest BCUT2D eigenvalue weighted by atomic mass is 9.73. The molecule has 4 rings (SSSR count). The first kappa shape index (κ1) is 22.3. The minimum absolute atomic E-state index is 0.0687. The van der Waals surface area contributed by atoms with Crippen molar-refractivity contribution in [2.45, 2.75) is 78.3 Å². The van der Waals surface area contributed by atoms with E-state index in [-0.39, 0.29) is 11.6 Å². The molecule has 168 valence electrons. The number of nitrogens with zero attached hydrogens (tertiary/aromatic N) is 4. The van der Waals surface area contributed by atoms with E-state index in [1.807, 2.05) is 6.20 Å². The molecule has 1 atom stereocenters. The van der Waals surface area contributed by atoms with E-state index in [0.29, 0.717) is 5.92 Å². The third-order valence-corrected chi connectivity index (χ3v) is 7.35. The summed E-state index contributed by atoms with van der Waals surface area (Å²) in [4.78, 5) is 14.8. The summed E-state index contributed by atoms with van der Waals surface area (Å²) in [6.07, 6.45) is 5.37.